The highest BCUT2D eigenvalue weighted by atomic mass is 14.3. The Balaban J connectivity index is 2.41. The molecule has 0 saturated carbocycles. The van der Waals surface area contributed by atoms with E-state index in [1.807, 2.05) is 0 Å². The van der Waals surface area contributed by atoms with Gasteiger partial charge in [-0.05, 0) is 72.2 Å². The van der Waals surface area contributed by atoms with Crippen LogP contribution in [0.15, 0.2) is 24.3 Å². The van der Waals surface area contributed by atoms with Crippen molar-refractivity contribution >= 4 is 0 Å². The van der Waals surface area contributed by atoms with Crippen molar-refractivity contribution in [3.63, 3.8) is 0 Å². The average Bonchev–Trinajstić information content (AvgIpc) is 2.27. The Kier molecular flexibility index (Phi) is 1.79. The van der Waals surface area contributed by atoms with Gasteiger partial charge < -0.3 is 0 Å². The van der Waals surface area contributed by atoms with Crippen LogP contribution in [0.4, 0.5) is 0 Å². The average molecular weight is 208 g/mol. The standard InChI is InChI=1S/C16H16/c1-9-10(2)12(4)16-14-8-6-5-7-13(14)15(16)11(9)3/h5-8H,1-4H3. The summed E-state index contributed by atoms with van der Waals surface area (Å²) in [5.74, 6) is 0. The first kappa shape index (κ1) is 9.65. The van der Waals surface area contributed by atoms with Crippen LogP contribution in [0, 0.1) is 27.7 Å². The van der Waals surface area contributed by atoms with E-state index in [-0.39, 0.29) is 0 Å². The van der Waals surface area contributed by atoms with Crippen molar-refractivity contribution in [2.45, 2.75) is 27.7 Å². The Morgan fingerprint density at radius 3 is 1.31 bits per heavy atom. The lowest BCUT2D eigenvalue weighted by atomic mass is 9.73. The maximum Gasteiger partial charge on any atom is -0.00641 e. The zero-order valence-electron chi connectivity index (χ0n) is 10.3. The third-order valence-electron chi connectivity index (χ3n) is 4.15. The van der Waals surface area contributed by atoms with Gasteiger partial charge in [0.25, 0.3) is 0 Å². The molecule has 0 unspecified atom stereocenters. The second kappa shape index (κ2) is 2.98. The maximum atomic E-state index is 2.25. The van der Waals surface area contributed by atoms with Gasteiger partial charge in [-0.25, -0.2) is 0 Å². The van der Waals surface area contributed by atoms with Crippen LogP contribution in [-0.4, -0.2) is 0 Å². The third kappa shape index (κ3) is 0.948. The largest absolute Gasteiger partial charge is 0.0616 e. The van der Waals surface area contributed by atoms with Crippen LogP contribution in [0.25, 0.3) is 22.3 Å². The smallest absolute Gasteiger partial charge is 0.00641 e. The van der Waals surface area contributed by atoms with Gasteiger partial charge in [0.15, 0.2) is 0 Å². The molecule has 0 spiro atoms. The van der Waals surface area contributed by atoms with Crippen molar-refractivity contribution in [2.24, 2.45) is 0 Å². The second-order valence-corrected chi connectivity index (χ2v) is 4.80. The first-order valence-corrected chi connectivity index (χ1v) is 5.83. The van der Waals surface area contributed by atoms with Crippen LogP contribution >= 0.6 is 0 Å². The van der Waals surface area contributed by atoms with Crippen molar-refractivity contribution in [2.75, 3.05) is 0 Å². The second-order valence-electron chi connectivity index (χ2n) is 4.80. The molecule has 0 radical (unpaired) electrons. The van der Waals surface area contributed by atoms with Gasteiger partial charge in [-0.2, -0.15) is 0 Å². The zero-order valence-corrected chi connectivity index (χ0v) is 10.3. The quantitative estimate of drug-likeness (QED) is 0.507. The Morgan fingerprint density at radius 1 is 0.562 bits per heavy atom. The van der Waals surface area contributed by atoms with E-state index in [4.69, 9.17) is 0 Å². The van der Waals surface area contributed by atoms with Crippen molar-refractivity contribution < 1.29 is 0 Å². The van der Waals surface area contributed by atoms with Crippen LogP contribution in [0.3, 0.4) is 0 Å². The first-order chi connectivity index (χ1) is 7.63. The summed E-state index contributed by atoms with van der Waals surface area (Å²) in [6.45, 7) is 8.96. The number of rotatable bonds is 0. The molecule has 0 aromatic heterocycles. The fourth-order valence-electron chi connectivity index (χ4n) is 2.84. The number of hydrogen-bond acceptors (Lipinski definition) is 0. The highest BCUT2D eigenvalue weighted by Gasteiger charge is 2.27. The SMILES string of the molecule is Cc1c(C)c(C)c2c(c1C)-c1ccccc1-2. The van der Waals surface area contributed by atoms with Crippen molar-refractivity contribution in [1.29, 1.82) is 0 Å². The van der Waals surface area contributed by atoms with E-state index in [2.05, 4.69) is 52.0 Å². The van der Waals surface area contributed by atoms with E-state index < -0.39 is 0 Å². The van der Waals surface area contributed by atoms with Gasteiger partial charge in [0.2, 0.25) is 0 Å². The predicted octanol–water partition coefficient (Wildman–Crippen LogP) is 4.57. The van der Waals surface area contributed by atoms with Gasteiger partial charge in [0.1, 0.15) is 0 Å². The van der Waals surface area contributed by atoms with Gasteiger partial charge in [-0.15, -0.1) is 0 Å². The van der Waals surface area contributed by atoms with Gasteiger partial charge in [0, 0.05) is 0 Å². The molecule has 0 N–H and O–H groups in total. The molecule has 0 atom stereocenters. The van der Waals surface area contributed by atoms with E-state index in [0.29, 0.717) is 0 Å². The summed E-state index contributed by atoms with van der Waals surface area (Å²) in [7, 11) is 0. The normalized spacial score (nSPS) is 11.8. The Morgan fingerprint density at radius 2 is 0.938 bits per heavy atom. The molecule has 0 bridgehead atoms. The summed E-state index contributed by atoms with van der Waals surface area (Å²) in [5, 5.41) is 0. The Bertz CT molecular complexity index is 550. The van der Waals surface area contributed by atoms with Gasteiger partial charge in [0.05, 0.1) is 0 Å². The van der Waals surface area contributed by atoms with Crippen LogP contribution in [0.5, 0.6) is 0 Å². The summed E-state index contributed by atoms with van der Waals surface area (Å²) < 4.78 is 0. The van der Waals surface area contributed by atoms with E-state index in [9.17, 15) is 0 Å². The van der Waals surface area contributed by atoms with Crippen molar-refractivity contribution in [3.05, 3.63) is 46.5 Å². The van der Waals surface area contributed by atoms with E-state index in [1.54, 1.807) is 0 Å². The van der Waals surface area contributed by atoms with Crippen molar-refractivity contribution in [3.8, 4) is 22.3 Å². The molecule has 0 aliphatic heterocycles. The maximum absolute atomic E-state index is 2.25. The van der Waals surface area contributed by atoms with E-state index in [0.717, 1.165) is 0 Å². The fraction of sp³-hybridized carbons (Fsp3) is 0.250. The predicted molar refractivity (Wildman–Crippen MR) is 69.8 cm³/mol. The van der Waals surface area contributed by atoms with Crippen molar-refractivity contribution in [1.82, 2.24) is 0 Å². The molecule has 2 aromatic carbocycles. The molecule has 0 heteroatoms. The van der Waals surface area contributed by atoms with Gasteiger partial charge >= 0.3 is 0 Å². The number of benzene rings is 2. The topological polar surface area (TPSA) is 0 Å². The van der Waals surface area contributed by atoms with E-state index >= 15 is 0 Å². The Labute approximate surface area is 96.9 Å². The lowest BCUT2D eigenvalue weighted by molar-refractivity contribution is 1.21. The molecule has 0 fully saturated rings. The lowest BCUT2D eigenvalue weighted by Crippen LogP contribution is -2.07. The fourth-order valence-corrected chi connectivity index (χ4v) is 2.84. The molecule has 16 heavy (non-hydrogen) atoms. The van der Waals surface area contributed by atoms with Crippen LogP contribution in [0.1, 0.15) is 22.3 Å². The molecule has 1 aliphatic carbocycles. The molecular formula is C16H16. The summed E-state index contributed by atoms with van der Waals surface area (Å²) in [6.07, 6.45) is 0. The first-order valence-electron chi connectivity index (χ1n) is 5.83. The minimum absolute atomic E-state index is 1.43. The molecule has 0 heterocycles. The Hall–Kier alpha value is -1.56. The summed E-state index contributed by atoms with van der Waals surface area (Å²) in [6, 6.07) is 8.73. The van der Waals surface area contributed by atoms with Crippen LogP contribution in [0.2, 0.25) is 0 Å². The minimum Gasteiger partial charge on any atom is -0.0616 e. The summed E-state index contributed by atoms with van der Waals surface area (Å²) in [4.78, 5) is 0. The molecule has 1 aliphatic rings. The number of hydrogen-bond donors (Lipinski definition) is 0. The molecule has 80 valence electrons. The highest BCUT2D eigenvalue weighted by molar-refractivity contribution is 6.05. The van der Waals surface area contributed by atoms with E-state index in [1.165, 1.54) is 44.5 Å². The van der Waals surface area contributed by atoms with Gasteiger partial charge in [-0.1, -0.05) is 24.3 Å². The zero-order chi connectivity index (χ0) is 11.4. The third-order valence-corrected chi connectivity index (χ3v) is 4.15. The molecule has 3 rings (SSSR count). The number of fused-ring (bicyclic) bond motifs is 4. The molecule has 2 aromatic rings. The highest BCUT2D eigenvalue weighted by Crippen LogP contribution is 2.52. The minimum atomic E-state index is 1.43. The van der Waals surface area contributed by atoms with Gasteiger partial charge in [-0.3, -0.25) is 0 Å². The monoisotopic (exact) mass is 208 g/mol. The lowest BCUT2D eigenvalue weighted by Gasteiger charge is -2.30. The van der Waals surface area contributed by atoms with Crippen LogP contribution < -0.4 is 0 Å². The summed E-state index contributed by atoms with van der Waals surface area (Å²) >= 11 is 0. The molecule has 0 amide bonds. The van der Waals surface area contributed by atoms with Crippen LogP contribution in [-0.2, 0) is 0 Å². The molecule has 0 nitrogen and oxygen atoms in total. The summed E-state index contributed by atoms with van der Waals surface area (Å²) in [5.41, 5.74) is 11.6. The molecular weight excluding hydrogens is 192 g/mol. The molecule has 0 saturated heterocycles.